The highest BCUT2D eigenvalue weighted by atomic mass is 32.1. The van der Waals surface area contributed by atoms with Crippen LogP contribution >= 0.6 is 12.2 Å². The molecule has 1 aromatic heterocycles. The van der Waals surface area contributed by atoms with E-state index in [0.717, 1.165) is 0 Å². The molecule has 1 N–H and O–H groups in total. The van der Waals surface area contributed by atoms with Gasteiger partial charge in [0.2, 0.25) is 0 Å². The number of ether oxygens (including phenoxy) is 1. The first kappa shape index (κ1) is 12.8. The van der Waals surface area contributed by atoms with Crippen LogP contribution in [0.3, 0.4) is 0 Å². The van der Waals surface area contributed by atoms with E-state index in [2.05, 4.69) is 4.98 Å². The molecule has 1 heterocycles. The first-order valence-electron chi connectivity index (χ1n) is 5.57. The Bertz CT molecular complexity index is 660. The van der Waals surface area contributed by atoms with E-state index >= 15 is 0 Å². The Morgan fingerprint density at radius 1 is 1.56 bits per heavy atom. The summed E-state index contributed by atoms with van der Waals surface area (Å²) in [6.45, 7) is 3.76. The topological polar surface area (TPSA) is 47.0 Å². The molecule has 0 amide bonds. The first-order chi connectivity index (χ1) is 8.52. The number of benzene rings is 1. The number of aromatic nitrogens is 2. The average Bonchev–Trinajstić information content (AvgIpc) is 2.57. The van der Waals surface area contributed by atoms with Crippen LogP contribution in [-0.4, -0.2) is 22.1 Å². The minimum atomic E-state index is -0.364. The van der Waals surface area contributed by atoms with Gasteiger partial charge < -0.3 is 14.3 Å². The molecule has 0 fully saturated rings. The zero-order chi connectivity index (χ0) is 13.3. The van der Waals surface area contributed by atoms with Gasteiger partial charge in [-0.3, -0.25) is 4.79 Å². The summed E-state index contributed by atoms with van der Waals surface area (Å²) in [6.07, 6.45) is 0. The van der Waals surface area contributed by atoms with Crippen molar-refractivity contribution in [2.24, 2.45) is 0 Å². The Morgan fingerprint density at radius 3 is 2.94 bits per heavy atom. The molecule has 0 saturated heterocycles. The van der Waals surface area contributed by atoms with E-state index in [1.807, 2.05) is 0 Å². The van der Waals surface area contributed by atoms with Crippen LogP contribution in [0.5, 0.6) is 0 Å². The van der Waals surface area contributed by atoms with Crippen LogP contribution in [-0.2, 0) is 16.1 Å². The SMILES string of the molecule is CCOC(=O)Cn1c(=S)[nH]c2cc(F)c(C)cc21. The molecule has 2 aromatic rings. The molecule has 0 aliphatic heterocycles. The summed E-state index contributed by atoms with van der Waals surface area (Å²) in [5, 5.41) is 0. The summed E-state index contributed by atoms with van der Waals surface area (Å²) < 4.78 is 20.3. The Hall–Kier alpha value is -1.69. The molecule has 6 heteroatoms. The smallest absolute Gasteiger partial charge is 0.326 e. The number of carbonyl (C=O) groups is 1. The van der Waals surface area contributed by atoms with E-state index < -0.39 is 0 Å². The second kappa shape index (κ2) is 4.89. The van der Waals surface area contributed by atoms with Crippen molar-refractivity contribution < 1.29 is 13.9 Å². The second-order valence-corrected chi connectivity index (χ2v) is 4.33. The maximum Gasteiger partial charge on any atom is 0.326 e. The van der Waals surface area contributed by atoms with E-state index in [1.165, 1.54) is 6.07 Å². The number of esters is 1. The lowest BCUT2D eigenvalue weighted by atomic mass is 10.2. The number of aromatic amines is 1. The minimum Gasteiger partial charge on any atom is -0.465 e. The van der Waals surface area contributed by atoms with Crippen molar-refractivity contribution in [3.8, 4) is 0 Å². The van der Waals surface area contributed by atoms with Crippen LogP contribution < -0.4 is 0 Å². The predicted molar refractivity (Wildman–Crippen MR) is 68.5 cm³/mol. The van der Waals surface area contributed by atoms with E-state index in [9.17, 15) is 9.18 Å². The van der Waals surface area contributed by atoms with Gasteiger partial charge in [-0.25, -0.2) is 4.39 Å². The van der Waals surface area contributed by atoms with Gasteiger partial charge in [0.1, 0.15) is 12.4 Å². The maximum absolute atomic E-state index is 13.4. The fraction of sp³-hybridized carbons (Fsp3) is 0.333. The summed E-state index contributed by atoms with van der Waals surface area (Å²) in [5.74, 6) is -0.668. The average molecular weight is 268 g/mol. The van der Waals surface area contributed by atoms with Crippen molar-refractivity contribution in [3.05, 3.63) is 28.3 Å². The van der Waals surface area contributed by atoms with Crippen molar-refractivity contribution in [2.45, 2.75) is 20.4 Å². The Labute approximate surface area is 108 Å². The number of nitrogens with zero attached hydrogens (tertiary/aromatic N) is 1. The molecule has 0 saturated carbocycles. The van der Waals surface area contributed by atoms with Gasteiger partial charge in [-0.2, -0.15) is 0 Å². The molecule has 0 spiro atoms. The second-order valence-electron chi connectivity index (χ2n) is 3.94. The Balaban J connectivity index is 2.50. The quantitative estimate of drug-likeness (QED) is 0.687. The van der Waals surface area contributed by atoms with Crippen molar-refractivity contribution in [3.63, 3.8) is 0 Å². The number of halogens is 1. The molecule has 0 radical (unpaired) electrons. The molecule has 18 heavy (non-hydrogen) atoms. The summed E-state index contributed by atoms with van der Waals surface area (Å²) >= 11 is 5.12. The lowest BCUT2D eigenvalue weighted by Crippen LogP contribution is -2.13. The summed E-state index contributed by atoms with van der Waals surface area (Å²) in [7, 11) is 0. The van der Waals surface area contributed by atoms with Crippen LogP contribution in [0, 0.1) is 17.5 Å². The van der Waals surface area contributed by atoms with Gasteiger partial charge >= 0.3 is 5.97 Å². The van der Waals surface area contributed by atoms with Gasteiger partial charge in [-0.1, -0.05) is 0 Å². The fourth-order valence-corrected chi connectivity index (χ4v) is 2.05. The molecule has 2 rings (SSSR count). The predicted octanol–water partition coefficient (Wildman–Crippen LogP) is 2.71. The molecule has 0 bridgehead atoms. The number of imidazole rings is 1. The number of hydrogen-bond donors (Lipinski definition) is 1. The van der Waals surface area contributed by atoms with Crippen molar-refractivity contribution in [2.75, 3.05) is 6.61 Å². The Kier molecular flexibility index (Phi) is 3.47. The summed E-state index contributed by atoms with van der Waals surface area (Å²) in [4.78, 5) is 14.4. The van der Waals surface area contributed by atoms with Crippen LogP contribution in [0.25, 0.3) is 11.0 Å². The molecule has 1 aromatic carbocycles. The number of carbonyl (C=O) groups excluding carboxylic acids is 1. The van der Waals surface area contributed by atoms with Crippen LogP contribution in [0.15, 0.2) is 12.1 Å². The number of aryl methyl sites for hydroxylation is 1. The highest BCUT2D eigenvalue weighted by Crippen LogP contribution is 2.18. The van der Waals surface area contributed by atoms with Gasteiger partial charge in [0.25, 0.3) is 0 Å². The molecule has 0 aliphatic carbocycles. The number of nitrogens with one attached hydrogen (secondary N) is 1. The van der Waals surface area contributed by atoms with Crippen LogP contribution in [0.2, 0.25) is 0 Å². The number of rotatable bonds is 3. The molecule has 0 unspecified atom stereocenters. The third-order valence-corrected chi connectivity index (χ3v) is 2.97. The molecule has 96 valence electrons. The monoisotopic (exact) mass is 268 g/mol. The maximum atomic E-state index is 13.4. The lowest BCUT2D eigenvalue weighted by molar-refractivity contribution is -0.143. The zero-order valence-corrected chi connectivity index (χ0v) is 10.9. The van der Waals surface area contributed by atoms with Crippen molar-refractivity contribution in [1.29, 1.82) is 0 Å². The minimum absolute atomic E-state index is 0.0255. The standard InChI is InChI=1S/C12H13FN2O2S/c1-3-17-11(16)6-15-10-4-7(2)8(13)5-9(10)14-12(15)18/h4-5H,3,6H2,1-2H3,(H,14,18). The van der Waals surface area contributed by atoms with E-state index in [4.69, 9.17) is 17.0 Å². The van der Waals surface area contributed by atoms with E-state index in [0.29, 0.717) is 28.0 Å². The van der Waals surface area contributed by atoms with Crippen molar-refractivity contribution in [1.82, 2.24) is 9.55 Å². The highest BCUT2D eigenvalue weighted by molar-refractivity contribution is 7.71. The third kappa shape index (κ3) is 2.28. The zero-order valence-electron chi connectivity index (χ0n) is 10.1. The summed E-state index contributed by atoms with van der Waals surface area (Å²) in [5.41, 5.74) is 1.79. The lowest BCUT2D eigenvalue weighted by Gasteiger charge is -2.05. The third-order valence-electron chi connectivity index (χ3n) is 2.65. The Morgan fingerprint density at radius 2 is 2.28 bits per heavy atom. The summed E-state index contributed by atoms with van der Waals surface area (Å²) in [6, 6.07) is 3.04. The van der Waals surface area contributed by atoms with Gasteiger partial charge in [0.05, 0.1) is 17.6 Å². The molecule has 0 atom stereocenters. The molecular weight excluding hydrogens is 255 g/mol. The van der Waals surface area contributed by atoms with Gasteiger partial charge in [0.15, 0.2) is 4.77 Å². The normalized spacial score (nSPS) is 10.8. The molecule has 4 nitrogen and oxygen atoms in total. The van der Waals surface area contributed by atoms with E-state index in [-0.39, 0.29) is 18.3 Å². The number of hydrogen-bond acceptors (Lipinski definition) is 3. The molecule has 0 aliphatic rings. The molecular formula is C12H13FN2O2S. The number of fused-ring (bicyclic) bond motifs is 1. The van der Waals surface area contributed by atoms with Gasteiger partial charge in [0, 0.05) is 0 Å². The van der Waals surface area contributed by atoms with Gasteiger partial charge in [-0.15, -0.1) is 0 Å². The first-order valence-corrected chi connectivity index (χ1v) is 5.98. The van der Waals surface area contributed by atoms with Crippen LogP contribution in [0.1, 0.15) is 12.5 Å². The highest BCUT2D eigenvalue weighted by Gasteiger charge is 2.11. The van der Waals surface area contributed by atoms with Crippen LogP contribution in [0.4, 0.5) is 4.39 Å². The van der Waals surface area contributed by atoms with Gasteiger partial charge in [-0.05, 0) is 43.8 Å². The fourth-order valence-electron chi connectivity index (χ4n) is 1.77. The van der Waals surface area contributed by atoms with Crippen molar-refractivity contribution >= 4 is 29.2 Å². The van der Waals surface area contributed by atoms with E-state index in [1.54, 1.807) is 24.5 Å². The largest absolute Gasteiger partial charge is 0.465 e. The number of H-pyrrole nitrogens is 1.